The molecule has 1 aromatic carbocycles. The Balaban J connectivity index is 2.36. The number of likely N-dealkylation sites (N-methyl/N-ethyl adjacent to an activating group) is 1. The Hall–Kier alpha value is -2.24. The van der Waals surface area contributed by atoms with Crippen molar-refractivity contribution in [2.75, 3.05) is 18.5 Å². The molecule has 1 heterocycles. The Morgan fingerprint density at radius 3 is 2.50 bits per heavy atom. The number of nitrogens with two attached hydrogens (primary N) is 2. The number of carbonyl (C=O) groups excluding carboxylic acids is 2. The molecule has 0 aromatic heterocycles. The van der Waals surface area contributed by atoms with Gasteiger partial charge in [-0.15, -0.1) is 0 Å². The van der Waals surface area contributed by atoms with Crippen molar-refractivity contribution in [3.05, 3.63) is 23.8 Å². The topological polar surface area (TPSA) is 98.6 Å². The molecule has 6 heteroatoms. The van der Waals surface area contributed by atoms with Crippen molar-refractivity contribution in [1.82, 2.24) is 4.90 Å². The van der Waals surface area contributed by atoms with E-state index < -0.39 is 17.6 Å². The van der Waals surface area contributed by atoms with Crippen LogP contribution in [0.1, 0.15) is 38.9 Å². The molecule has 1 aromatic rings. The van der Waals surface area contributed by atoms with E-state index in [-0.39, 0.29) is 11.8 Å². The summed E-state index contributed by atoms with van der Waals surface area (Å²) in [5.74, 6) is -0.435. The summed E-state index contributed by atoms with van der Waals surface area (Å²) in [7, 11) is 1.63. The summed E-state index contributed by atoms with van der Waals surface area (Å²) in [6.45, 7) is 5.73. The van der Waals surface area contributed by atoms with Gasteiger partial charge in [0.15, 0.2) is 0 Å². The highest BCUT2D eigenvalue weighted by Gasteiger charge is 2.50. The van der Waals surface area contributed by atoms with Gasteiger partial charge in [-0.2, -0.15) is 0 Å². The van der Waals surface area contributed by atoms with E-state index >= 15 is 0 Å². The summed E-state index contributed by atoms with van der Waals surface area (Å²) in [5.41, 5.74) is 11.9. The van der Waals surface area contributed by atoms with E-state index in [1.165, 1.54) is 4.90 Å². The lowest BCUT2D eigenvalue weighted by molar-refractivity contribution is -0.187. The minimum Gasteiger partial charge on any atom is -0.445 e. The first-order chi connectivity index (χ1) is 10.2. The van der Waals surface area contributed by atoms with Gasteiger partial charge >= 0.3 is 5.97 Å². The van der Waals surface area contributed by atoms with Gasteiger partial charge in [-0.1, -0.05) is 19.9 Å². The van der Waals surface area contributed by atoms with Gasteiger partial charge in [0.2, 0.25) is 6.10 Å². The van der Waals surface area contributed by atoms with E-state index in [1.807, 2.05) is 13.8 Å². The average molecular weight is 305 g/mol. The number of rotatable bonds is 3. The van der Waals surface area contributed by atoms with Crippen molar-refractivity contribution in [3.8, 4) is 0 Å². The Labute approximate surface area is 130 Å². The van der Waals surface area contributed by atoms with E-state index in [1.54, 1.807) is 32.2 Å². The number of carbonyl (C=O) groups is 2. The molecule has 4 N–H and O–H groups in total. The molecule has 120 valence electrons. The quantitative estimate of drug-likeness (QED) is 0.654. The number of nitrogens with zero attached hydrogens (tertiary/aromatic N) is 1. The number of benzene rings is 1. The number of hydrogen-bond acceptors (Lipinski definition) is 5. The maximum absolute atomic E-state index is 12.7. The van der Waals surface area contributed by atoms with Crippen LogP contribution >= 0.6 is 0 Å². The molecule has 0 spiro atoms. The minimum absolute atomic E-state index is 0.256. The van der Waals surface area contributed by atoms with Gasteiger partial charge in [-0.25, -0.2) is 4.79 Å². The molecule has 1 saturated heterocycles. The number of morpholine rings is 1. The summed E-state index contributed by atoms with van der Waals surface area (Å²) < 4.78 is 5.44. The fourth-order valence-electron chi connectivity index (χ4n) is 2.88. The Bertz CT molecular complexity index is 615. The van der Waals surface area contributed by atoms with E-state index in [0.29, 0.717) is 23.4 Å². The Kier molecular flexibility index (Phi) is 4.04. The molecule has 2 rings (SSSR count). The number of nitrogen functional groups attached to an aromatic ring is 2. The fraction of sp³-hybridized carbons (Fsp3) is 0.500. The van der Waals surface area contributed by atoms with E-state index in [4.69, 9.17) is 16.2 Å². The summed E-state index contributed by atoms with van der Waals surface area (Å²) >= 11 is 0. The third-order valence-electron chi connectivity index (χ3n) is 4.16. The van der Waals surface area contributed by atoms with Crippen LogP contribution in [-0.2, 0) is 14.3 Å². The average Bonchev–Trinajstić information content (AvgIpc) is 2.41. The standard InChI is InChI=1S/C16H23N3O3/c1-9(2)8-16(3)15(21)22-13(14(20)19(16)4)11-6-5-10(17)7-12(11)18/h5-7,9,13H,8,17-18H2,1-4H3. The first-order valence-corrected chi connectivity index (χ1v) is 7.30. The smallest absolute Gasteiger partial charge is 0.332 e. The fourth-order valence-corrected chi connectivity index (χ4v) is 2.88. The van der Waals surface area contributed by atoms with E-state index in [0.717, 1.165) is 0 Å². The molecule has 6 nitrogen and oxygen atoms in total. The first-order valence-electron chi connectivity index (χ1n) is 7.30. The number of cyclic esters (lactones) is 1. The van der Waals surface area contributed by atoms with Crippen molar-refractivity contribution >= 4 is 23.3 Å². The Morgan fingerprint density at radius 2 is 1.95 bits per heavy atom. The molecule has 0 saturated carbocycles. The lowest BCUT2D eigenvalue weighted by Gasteiger charge is -2.44. The van der Waals surface area contributed by atoms with Crippen LogP contribution in [0.15, 0.2) is 18.2 Å². The zero-order valence-electron chi connectivity index (χ0n) is 13.4. The van der Waals surface area contributed by atoms with Crippen molar-refractivity contribution in [2.45, 2.75) is 38.8 Å². The molecule has 2 atom stereocenters. The molecule has 22 heavy (non-hydrogen) atoms. The minimum atomic E-state index is -1.02. The summed E-state index contributed by atoms with van der Waals surface area (Å²) in [6.07, 6.45) is -0.476. The van der Waals surface area contributed by atoms with Crippen LogP contribution in [0.3, 0.4) is 0 Å². The molecule has 0 bridgehead atoms. The lowest BCUT2D eigenvalue weighted by Crippen LogP contribution is -2.60. The molecule has 0 radical (unpaired) electrons. The number of amides is 1. The van der Waals surface area contributed by atoms with Crippen LogP contribution in [0, 0.1) is 5.92 Å². The summed E-state index contributed by atoms with van der Waals surface area (Å²) in [4.78, 5) is 26.6. The van der Waals surface area contributed by atoms with Gasteiger partial charge in [0.1, 0.15) is 5.54 Å². The number of esters is 1. The van der Waals surface area contributed by atoms with Crippen molar-refractivity contribution in [2.24, 2.45) is 5.92 Å². The highest BCUT2D eigenvalue weighted by Crippen LogP contribution is 2.37. The normalized spacial score (nSPS) is 25.5. The monoisotopic (exact) mass is 305 g/mol. The van der Waals surface area contributed by atoms with Crippen LogP contribution in [0.5, 0.6) is 0 Å². The zero-order valence-corrected chi connectivity index (χ0v) is 13.4. The predicted octanol–water partition coefficient (Wildman–Crippen LogP) is 1.71. The van der Waals surface area contributed by atoms with Crippen LogP contribution in [0.25, 0.3) is 0 Å². The first kappa shape index (κ1) is 16.1. The molecule has 2 unspecified atom stereocenters. The second-order valence-corrected chi connectivity index (χ2v) is 6.44. The lowest BCUT2D eigenvalue weighted by atomic mass is 9.87. The van der Waals surface area contributed by atoms with Gasteiger partial charge in [-0.3, -0.25) is 4.79 Å². The second kappa shape index (κ2) is 5.51. The van der Waals surface area contributed by atoms with Gasteiger partial charge in [0.25, 0.3) is 5.91 Å². The van der Waals surface area contributed by atoms with Gasteiger partial charge in [0, 0.05) is 24.0 Å². The maximum Gasteiger partial charge on any atom is 0.332 e. The highest BCUT2D eigenvalue weighted by atomic mass is 16.6. The number of hydrogen-bond donors (Lipinski definition) is 2. The van der Waals surface area contributed by atoms with Crippen molar-refractivity contribution < 1.29 is 14.3 Å². The molecular formula is C16H23N3O3. The molecule has 1 aliphatic heterocycles. The highest BCUT2D eigenvalue weighted by molar-refractivity contribution is 5.96. The second-order valence-electron chi connectivity index (χ2n) is 6.44. The Morgan fingerprint density at radius 1 is 1.32 bits per heavy atom. The third kappa shape index (κ3) is 2.61. The van der Waals surface area contributed by atoms with Crippen LogP contribution in [0.4, 0.5) is 11.4 Å². The van der Waals surface area contributed by atoms with Crippen LogP contribution in [-0.4, -0.2) is 29.4 Å². The summed E-state index contributed by atoms with van der Waals surface area (Å²) in [6, 6.07) is 4.81. The molecular weight excluding hydrogens is 282 g/mol. The third-order valence-corrected chi connectivity index (χ3v) is 4.16. The largest absolute Gasteiger partial charge is 0.445 e. The van der Waals surface area contributed by atoms with Gasteiger partial charge in [0.05, 0.1) is 0 Å². The molecule has 0 aliphatic carbocycles. The SMILES string of the molecule is CC(C)CC1(C)C(=O)OC(c2ccc(N)cc2N)C(=O)N1C. The van der Waals surface area contributed by atoms with Crippen LogP contribution in [0.2, 0.25) is 0 Å². The molecule has 1 amide bonds. The summed E-state index contributed by atoms with van der Waals surface area (Å²) in [5, 5.41) is 0. The number of anilines is 2. The van der Waals surface area contributed by atoms with E-state index in [9.17, 15) is 9.59 Å². The molecule has 1 aliphatic rings. The predicted molar refractivity (Wildman–Crippen MR) is 84.7 cm³/mol. The van der Waals surface area contributed by atoms with E-state index in [2.05, 4.69) is 0 Å². The van der Waals surface area contributed by atoms with Crippen molar-refractivity contribution in [3.63, 3.8) is 0 Å². The van der Waals surface area contributed by atoms with Gasteiger partial charge in [-0.05, 0) is 31.4 Å². The van der Waals surface area contributed by atoms with Gasteiger partial charge < -0.3 is 21.1 Å². The molecule has 1 fully saturated rings. The zero-order chi connectivity index (χ0) is 16.7. The maximum atomic E-state index is 12.7. The van der Waals surface area contributed by atoms with Crippen molar-refractivity contribution in [1.29, 1.82) is 0 Å². The number of ether oxygens (including phenoxy) is 1. The van der Waals surface area contributed by atoms with Crippen LogP contribution < -0.4 is 11.5 Å².